The van der Waals surface area contributed by atoms with Gasteiger partial charge >= 0.3 is 0 Å². The van der Waals surface area contributed by atoms with Crippen LogP contribution in [0.5, 0.6) is 0 Å². The van der Waals surface area contributed by atoms with Crippen molar-refractivity contribution < 1.29 is 14.2 Å². The number of ether oxygens (including phenoxy) is 1. The van der Waals surface area contributed by atoms with E-state index in [0.29, 0.717) is 11.1 Å². The first-order valence-corrected chi connectivity index (χ1v) is 6.80. The Kier molecular flexibility index (Phi) is 4.42. The SMILES string of the molecule is Cc1cc(N(C)CC2CCCO2)c([C@@H](C)O)cc1F. The fourth-order valence-corrected chi connectivity index (χ4v) is 2.54. The first-order valence-electron chi connectivity index (χ1n) is 6.80. The second-order valence-electron chi connectivity index (χ2n) is 5.35. The van der Waals surface area contributed by atoms with E-state index in [9.17, 15) is 9.50 Å². The molecule has 1 aromatic carbocycles. The van der Waals surface area contributed by atoms with Crippen LogP contribution in [0.25, 0.3) is 0 Å². The van der Waals surface area contributed by atoms with Crippen molar-refractivity contribution in [1.82, 2.24) is 0 Å². The van der Waals surface area contributed by atoms with Gasteiger partial charge in [0.2, 0.25) is 0 Å². The van der Waals surface area contributed by atoms with E-state index in [1.165, 1.54) is 6.07 Å². The maximum Gasteiger partial charge on any atom is 0.126 e. The van der Waals surface area contributed by atoms with Gasteiger partial charge in [-0.05, 0) is 44.4 Å². The van der Waals surface area contributed by atoms with Crippen LogP contribution in [0.3, 0.4) is 0 Å². The highest BCUT2D eigenvalue weighted by atomic mass is 19.1. The molecule has 1 aliphatic rings. The predicted molar refractivity (Wildman–Crippen MR) is 74.0 cm³/mol. The van der Waals surface area contributed by atoms with Crippen LogP contribution < -0.4 is 4.90 Å². The third kappa shape index (κ3) is 3.25. The molecule has 0 bridgehead atoms. The fourth-order valence-electron chi connectivity index (χ4n) is 2.54. The van der Waals surface area contributed by atoms with Crippen molar-refractivity contribution in [2.24, 2.45) is 0 Å². The Bertz CT molecular complexity index is 442. The topological polar surface area (TPSA) is 32.7 Å². The van der Waals surface area contributed by atoms with Gasteiger partial charge in [-0.3, -0.25) is 0 Å². The highest BCUT2D eigenvalue weighted by Gasteiger charge is 2.20. The first-order chi connectivity index (χ1) is 8.99. The van der Waals surface area contributed by atoms with E-state index >= 15 is 0 Å². The molecule has 1 aliphatic heterocycles. The molecule has 0 aliphatic carbocycles. The number of hydrogen-bond acceptors (Lipinski definition) is 3. The number of halogens is 1. The molecule has 4 heteroatoms. The summed E-state index contributed by atoms with van der Waals surface area (Å²) >= 11 is 0. The number of aliphatic hydroxyl groups excluding tert-OH is 1. The Balaban J connectivity index is 2.23. The van der Waals surface area contributed by atoms with Crippen molar-refractivity contribution in [3.63, 3.8) is 0 Å². The molecule has 1 saturated heterocycles. The zero-order valence-corrected chi connectivity index (χ0v) is 11.8. The van der Waals surface area contributed by atoms with E-state index in [2.05, 4.69) is 0 Å². The fraction of sp³-hybridized carbons (Fsp3) is 0.600. The molecule has 1 unspecified atom stereocenters. The smallest absolute Gasteiger partial charge is 0.126 e. The Hall–Kier alpha value is -1.13. The van der Waals surface area contributed by atoms with Gasteiger partial charge in [-0.15, -0.1) is 0 Å². The molecule has 0 radical (unpaired) electrons. The van der Waals surface area contributed by atoms with Gasteiger partial charge < -0.3 is 14.7 Å². The van der Waals surface area contributed by atoms with Gasteiger partial charge in [0.1, 0.15) is 5.82 Å². The zero-order chi connectivity index (χ0) is 14.0. The maximum absolute atomic E-state index is 13.6. The summed E-state index contributed by atoms with van der Waals surface area (Å²) in [7, 11) is 1.96. The molecule has 1 aromatic rings. The number of hydrogen-bond donors (Lipinski definition) is 1. The van der Waals surface area contributed by atoms with E-state index in [1.807, 2.05) is 11.9 Å². The summed E-state index contributed by atoms with van der Waals surface area (Å²) in [5, 5.41) is 9.81. The number of likely N-dealkylation sites (N-methyl/N-ethyl adjacent to an activating group) is 1. The minimum atomic E-state index is -0.683. The summed E-state index contributed by atoms with van der Waals surface area (Å²) in [6, 6.07) is 3.23. The molecule has 0 spiro atoms. The second kappa shape index (κ2) is 5.88. The summed E-state index contributed by atoms with van der Waals surface area (Å²) in [6.45, 7) is 4.99. The van der Waals surface area contributed by atoms with Crippen LogP contribution in [0.2, 0.25) is 0 Å². The first kappa shape index (κ1) is 14.3. The Labute approximate surface area is 114 Å². The molecule has 1 N–H and O–H groups in total. The highest BCUT2D eigenvalue weighted by molar-refractivity contribution is 5.56. The molecule has 1 heterocycles. The van der Waals surface area contributed by atoms with E-state index in [4.69, 9.17) is 4.74 Å². The summed E-state index contributed by atoms with van der Waals surface area (Å²) in [6.07, 6.45) is 1.72. The van der Waals surface area contributed by atoms with Gasteiger partial charge in [0, 0.05) is 31.5 Å². The largest absolute Gasteiger partial charge is 0.389 e. The average Bonchev–Trinajstić information content (AvgIpc) is 2.84. The van der Waals surface area contributed by atoms with Crippen LogP contribution >= 0.6 is 0 Å². The molecular formula is C15H22FNO2. The number of anilines is 1. The molecule has 0 saturated carbocycles. The number of aliphatic hydroxyl groups is 1. The lowest BCUT2D eigenvalue weighted by Crippen LogP contribution is -2.29. The van der Waals surface area contributed by atoms with E-state index in [1.54, 1.807) is 19.9 Å². The Morgan fingerprint density at radius 1 is 1.53 bits per heavy atom. The van der Waals surface area contributed by atoms with Crippen LogP contribution in [0.4, 0.5) is 10.1 Å². The molecule has 2 atom stereocenters. The number of nitrogens with zero attached hydrogens (tertiary/aromatic N) is 1. The summed E-state index contributed by atoms with van der Waals surface area (Å²) < 4.78 is 19.3. The van der Waals surface area contributed by atoms with Crippen molar-refractivity contribution >= 4 is 5.69 Å². The average molecular weight is 267 g/mol. The third-order valence-electron chi connectivity index (χ3n) is 3.67. The van der Waals surface area contributed by atoms with Gasteiger partial charge in [-0.2, -0.15) is 0 Å². The molecule has 1 fully saturated rings. The summed E-state index contributed by atoms with van der Waals surface area (Å²) in [5.41, 5.74) is 2.10. The van der Waals surface area contributed by atoms with Crippen molar-refractivity contribution in [2.45, 2.75) is 38.9 Å². The molecule has 0 amide bonds. The van der Waals surface area contributed by atoms with E-state index in [0.717, 1.165) is 31.7 Å². The molecule has 19 heavy (non-hydrogen) atoms. The summed E-state index contributed by atoms with van der Waals surface area (Å²) in [5.74, 6) is -0.273. The van der Waals surface area contributed by atoms with E-state index < -0.39 is 6.10 Å². The normalized spacial score (nSPS) is 20.6. The number of benzene rings is 1. The van der Waals surface area contributed by atoms with Crippen LogP contribution in [0.15, 0.2) is 12.1 Å². The maximum atomic E-state index is 13.6. The van der Waals surface area contributed by atoms with E-state index in [-0.39, 0.29) is 11.9 Å². The van der Waals surface area contributed by atoms with Crippen LogP contribution in [0.1, 0.15) is 37.0 Å². The minimum absolute atomic E-state index is 0.234. The molecule has 3 nitrogen and oxygen atoms in total. The molecular weight excluding hydrogens is 245 g/mol. The van der Waals surface area contributed by atoms with Gasteiger partial charge in [0.15, 0.2) is 0 Å². The van der Waals surface area contributed by atoms with Gasteiger partial charge in [0.25, 0.3) is 0 Å². The molecule has 2 rings (SSSR count). The number of rotatable bonds is 4. The molecule has 0 aromatic heterocycles. The lowest BCUT2D eigenvalue weighted by molar-refractivity contribution is 0.116. The van der Waals surface area contributed by atoms with Crippen LogP contribution in [0, 0.1) is 12.7 Å². The van der Waals surface area contributed by atoms with Gasteiger partial charge in [-0.25, -0.2) is 4.39 Å². The second-order valence-corrected chi connectivity index (χ2v) is 5.35. The van der Waals surface area contributed by atoms with Gasteiger partial charge in [0.05, 0.1) is 12.2 Å². The summed E-state index contributed by atoms with van der Waals surface area (Å²) in [4.78, 5) is 2.05. The van der Waals surface area contributed by atoms with Crippen molar-refractivity contribution in [1.29, 1.82) is 0 Å². The monoisotopic (exact) mass is 267 g/mol. The quantitative estimate of drug-likeness (QED) is 0.910. The lowest BCUT2D eigenvalue weighted by Gasteiger charge is -2.26. The predicted octanol–water partition coefficient (Wildman–Crippen LogP) is 2.80. The lowest BCUT2D eigenvalue weighted by atomic mass is 10.0. The Morgan fingerprint density at radius 2 is 2.26 bits per heavy atom. The third-order valence-corrected chi connectivity index (χ3v) is 3.67. The van der Waals surface area contributed by atoms with Crippen LogP contribution in [-0.4, -0.2) is 31.4 Å². The number of aryl methyl sites for hydroxylation is 1. The van der Waals surface area contributed by atoms with Crippen molar-refractivity contribution in [3.05, 3.63) is 29.1 Å². The highest BCUT2D eigenvalue weighted by Crippen LogP contribution is 2.29. The van der Waals surface area contributed by atoms with Crippen LogP contribution in [-0.2, 0) is 4.74 Å². The van der Waals surface area contributed by atoms with Crippen molar-refractivity contribution in [2.75, 3.05) is 25.1 Å². The Morgan fingerprint density at radius 3 is 2.84 bits per heavy atom. The van der Waals surface area contributed by atoms with Gasteiger partial charge in [-0.1, -0.05) is 0 Å². The molecule has 106 valence electrons. The standard InChI is InChI=1S/C15H22FNO2/c1-10-7-15(13(11(2)18)8-14(10)16)17(3)9-12-5-4-6-19-12/h7-8,11-12,18H,4-6,9H2,1-3H3/t11-,12?/m1/s1. The van der Waals surface area contributed by atoms with Crippen molar-refractivity contribution in [3.8, 4) is 0 Å². The zero-order valence-electron chi connectivity index (χ0n) is 11.8. The minimum Gasteiger partial charge on any atom is -0.389 e.